The molecule has 142 valence electrons. The Labute approximate surface area is 162 Å². The molecule has 0 aliphatic carbocycles. The van der Waals surface area contributed by atoms with Crippen LogP contribution in [0.5, 0.6) is 0 Å². The second kappa shape index (κ2) is 8.38. The summed E-state index contributed by atoms with van der Waals surface area (Å²) < 4.78 is 0. The summed E-state index contributed by atoms with van der Waals surface area (Å²) in [6, 6.07) is 8.92. The van der Waals surface area contributed by atoms with Gasteiger partial charge in [0.15, 0.2) is 5.11 Å². The van der Waals surface area contributed by atoms with Gasteiger partial charge in [0.2, 0.25) is 0 Å². The Morgan fingerprint density at radius 1 is 1.19 bits per heavy atom. The molecule has 3 rings (SSSR count). The third kappa shape index (κ3) is 4.56. The maximum Gasteiger partial charge on any atom is 0.251 e. The quantitative estimate of drug-likeness (QED) is 0.791. The summed E-state index contributed by atoms with van der Waals surface area (Å²) in [5, 5.41) is 7.60. The average molecular weight is 374 g/mol. The number of rotatable bonds is 4. The third-order valence-electron chi connectivity index (χ3n) is 5.52. The van der Waals surface area contributed by atoms with Gasteiger partial charge in [0.25, 0.3) is 5.91 Å². The van der Waals surface area contributed by atoms with E-state index in [0.29, 0.717) is 18.0 Å². The monoisotopic (exact) mass is 373 g/mol. The first-order valence-electron chi connectivity index (χ1n) is 9.87. The van der Waals surface area contributed by atoms with Crippen LogP contribution in [0.25, 0.3) is 0 Å². The highest BCUT2D eigenvalue weighted by atomic mass is 32.1. The predicted molar refractivity (Wildman–Crippen MR) is 110 cm³/mol. The van der Waals surface area contributed by atoms with E-state index in [1.54, 1.807) is 0 Å². The summed E-state index contributed by atoms with van der Waals surface area (Å²) in [6.07, 6.45) is 5.56. The molecule has 2 aliphatic heterocycles. The van der Waals surface area contributed by atoms with E-state index in [9.17, 15) is 4.79 Å². The van der Waals surface area contributed by atoms with Crippen LogP contribution in [0.2, 0.25) is 0 Å². The van der Waals surface area contributed by atoms with E-state index in [1.807, 2.05) is 31.2 Å². The number of nitrogens with one attached hydrogen (secondary N) is 2. The van der Waals surface area contributed by atoms with Gasteiger partial charge >= 0.3 is 0 Å². The average Bonchev–Trinajstić information content (AvgIpc) is 2.59. The van der Waals surface area contributed by atoms with Gasteiger partial charge in [-0.2, -0.15) is 0 Å². The van der Waals surface area contributed by atoms with Crippen LogP contribution in [0.4, 0.5) is 0 Å². The lowest BCUT2D eigenvalue weighted by Gasteiger charge is -2.50. The van der Waals surface area contributed by atoms with Crippen LogP contribution in [-0.4, -0.2) is 40.6 Å². The van der Waals surface area contributed by atoms with Gasteiger partial charge in [-0.3, -0.25) is 4.79 Å². The molecule has 0 saturated carbocycles. The molecule has 2 aliphatic rings. The lowest BCUT2D eigenvalue weighted by molar-refractivity contribution is 0.0739. The van der Waals surface area contributed by atoms with Gasteiger partial charge in [0, 0.05) is 30.2 Å². The maximum absolute atomic E-state index is 12.6. The Morgan fingerprint density at radius 2 is 1.81 bits per heavy atom. The maximum atomic E-state index is 12.6. The fourth-order valence-corrected chi connectivity index (χ4v) is 4.57. The third-order valence-corrected chi connectivity index (χ3v) is 5.87. The van der Waals surface area contributed by atoms with E-state index in [-0.39, 0.29) is 11.9 Å². The van der Waals surface area contributed by atoms with E-state index in [1.165, 1.54) is 12.0 Å². The van der Waals surface area contributed by atoms with Crippen molar-refractivity contribution in [3.63, 3.8) is 0 Å². The summed E-state index contributed by atoms with van der Waals surface area (Å²) in [4.78, 5) is 15.0. The molecule has 2 saturated heterocycles. The fraction of sp³-hybridized carbons (Fsp3) is 0.619. The molecule has 4 nitrogen and oxygen atoms in total. The number of carbonyl (C=O) groups excluding carboxylic acids is 1. The van der Waals surface area contributed by atoms with E-state index in [2.05, 4.69) is 29.4 Å². The first-order chi connectivity index (χ1) is 12.4. The van der Waals surface area contributed by atoms with Gasteiger partial charge in [0.1, 0.15) is 0 Å². The van der Waals surface area contributed by atoms with E-state index in [0.717, 1.165) is 42.9 Å². The second-order valence-corrected chi connectivity index (χ2v) is 8.62. The molecule has 2 N–H and O–H groups in total. The SMILES string of the molecule is Cc1ccc(C(=O)NC2CC3CCCC(C2)N3C(=S)NCC(C)C)cc1. The molecule has 2 heterocycles. The van der Waals surface area contributed by atoms with Crippen molar-refractivity contribution in [2.24, 2.45) is 5.92 Å². The highest BCUT2D eigenvalue weighted by molar-refractivity contribution is 7.80. The Bertz CT molecular complexity index is 629. The number of amides is 1. The minimum atomic E-state index is 0.0435. The van der Waals surface area contributed by atoms with Crippen molar-refractivity contribution < 1.29 is 4.79 Å². The van der Waals surface area contributed by atoms with Crippen molar-refractivity contribution in [3.8, 4) is 0 Å². The van der Waals surface area contributed by atoms with Crippen molar-refractivity contribution >= 4 is 23.2 Å². The summed E-state index contributed by atoms with van der Waals surface area (Å²) in [7, 11) is 0. The molecule has 2 unspecified atom stereocenters. The zero-order chi connectivity index (χ0) is 18.7. The van der Waals surface area contributed by atoms with Crippen molar-refractivity contribution in [3.05, 3.63) is 35.4 Å². The largest absolute Gasteiger partial charge is 0.362 e. The number of fused-ring (bicyclic) bond motifs is 2. The van der Waals surface area contributed by atoms with E-state index < -0.39 is 0 Å². The molecule has 1 amide bonds. The summed E-state index contributed by atoms with van der Waals surface area (Å²) in [5.41, 5.74) is 1.92. The van der Waals surface area contributed by atoms with E-state index >= 15 is 0 Å². The summed E-state index contributed by atoms with van der Waals surface area (Å²) in [5.74, 6) is 0.626. The Morgan fingerprint density at radius 3 is 2.38 bits per heavy atom. The molecule has 0 radical (unpaired) electrons. The summed E-state index contributed by atoms with van der Waals surface area (Å²) >= 11 is 5.69. The smallest absolute Gasteiger partial charge is 0.251 e. The van der Waals surface area contributed by atoms with E-state index in [4.69, 9.17) is 12.2 Å². The van der Waals surface area contributed by atoms with Crippen molar-refractivity contribution in [1.82, 2.24) is 15.5 Å². The molecular formula is C21H31N3OS. The van der Waals surface area contributed by atoms with Crippen LogP contribution < -0.4 is 10.6 Å². The molecule has 0 spiro atoms. The number of carbonyl (C=O) groups is 1. The van der Waals surface area contributed by atoms with Crippen LogP contribution in [0.15, 0.2) is 24.3 Å². The Balaban J connectivity index is 1.61. The fourth-order valence-electron chi connectivity index (χ4n) is 4.19. The molecule has 2 atom stereocenters. The molecule has 1 aromatic carbocycles. The molecule has 26 heavy (non-hydrogen) atoms. The van der Waals surface area contributed by atoms with Gasteiger partial charge in [-0.1, -0.05) is 31.5 Å². The lowest BCUT2D eigenvalue weighted by Crippen LogP contribution is -2.61. The summed E-state index contributed by atoms with van der Waals surface area (Å²) in [6.45, 7) is 7.35. The van der Waals surface area contributed by atoms with Crippen molar-refractivity contribution in [1.29, 1.82) is 0 Å². The van der Waals surface area contributed by atoms with Gasteiger partial charge in [-0.05, 0) is 69.3 Å². The molecular weight excluding hydrogens is 342 g/mol. The van der Waals surface area contributed by atoms with Crippen LogP contribution in [0.3, 0.4) is 0 Å². The standard InChI is InChI=1S/C21H31N3OS/c1-14(2)13-22-21(26)24-18-5-4-6-19(24)12-17(11-18)23-20(25)16-9-7-15(3)8-10-16/h7-10,14,17-19H,4-6,11-13H2,1-3H3,(H,22,26)(H,23,25). The highest BCUT2D eigenvalue weighted by Crippen LogP contribution is 2.34. The molecule has 0 aromatic heterocycles. The number of hydrogen-bond donors (Lipinski definition) is 2. The highest BCUT2D eigenvalue weighted by Gasteiger charge is 2.39. The normalized spacial score (nSPS) is 25.1. The Kier molecular flexibility index (Phi) is 6.17. The number of nitrogens with zero attached hydrogens (tertiary/aromatic N) is 1. The van der Waals surface area contributed by atoms with Crippen LogP contribution in [-0.2, 0) is 0 Å². The minimum Gasteiger partial charge on any atom is -0.362 e. The zero-order valence-corrected chi connectivity index (χ0v) is 16.9. The topological polar surface area (TPSA) is 44.4 Å². The van der Waals surface area contributed by atoms with Gasteiger partial charge < -0.3 is 15.5 Å². The number of benzene rings is 1. The van der Waals surface area contributed by atoms with Gasteiger partial charge in [0.05, 0.1) is 0 Å². The van der Waals surface area contributed by atoms with Gasteiger partial charge in [-0.15, -0.1) is 0 Å². The number of hydrogen-bond acceptors (Lipinski definition) is 2. The number of piperidine rings is 2. The minimum absolute atomic E-state index is 0.0435. The molecule has 5 heteroatoms. The van der Waals surface area contributed by atoms with Crippen molar-refractivity contribution in [2.45, 2.75) is 71.0 Å². The molecule has 2 fully saturated rings. The van der Waals surface area contributed by atoms with Crippen LogP contribution in [0.1, 0.15) is 61.9 Å². The first-order valence-corrected chi connectivity index (χ1v) is 10.3. The van der Waals surface area contributed by atoms with Crippen LogP contribution >= 0.6 is 12.2 Å². The Hall–Kier alpha value is -1.62. The lowest BCUT2D eigenvalue weighted by atomic mass is 9.82. The van der Waals surface area contributed by atoms with Crippen LogP contribution in [0, 0.1) is 12.8 Å². The first kappa shape index (κ1) is 19.2. The second-order valence-electron chi connectivity index (χ2n) is 8.23. The van der Waals surface area contributed by atoms with Crippen molar-refractivity contribution in [2.75, 3.05) is 6.54 Å². The number of thiocarbonyl (C=S) groups is 1. The zero-order valence-electron chi connectivity index (χ0n) is 16.1. The van der Waals surface area contributed by atoms with Gasteiger partial charge in [-0.25, -0.2) is 0 Å². The predicted octanol–water partition coefficient (Wildman–Crippen LogP) is 3.64. The molecule has 1 aromatic rings. The molecule has 2 bridgehead atoms. The number of aryl methyl sites for hydroxylation is 1.